The number of ether oxygens (including phenoxy) is 1. The van der Waals surface area contributed by atoms with E-state index in [1.165, 1.54) is 0 Å². The van der Waals surface area contributed by atoms with Crippen LogP contribution in [-0.4, -0.2) is 29.0 Å². The molecule has 7 nitrogen and oxygen atoms in total. The number of nitriles is 1. The van der Waals surface area contributed by atoms with Gasteiger partial charge in [-0.25, -0.2) is 4.98 Å². The monoisotopic (exact) mass is 341 g/mol. The average molecular weight is 341 g/mol. The maximum atomic E-state index is 11.9. The molecule has 1 heterocycles. The average Bonchev–Trinajstić information content (AvgIpc) is 3.25. The predicted octanol–water partition coefficient (Wildman–Crippen LogP) is 2.26. The van der Waals surface area contributed by atoms with Gasteiger partial charge in [-0.2, -0.15) is 5.26 Å². The van der Waals surface area contributed by atoms with Crippen LogP contribution in [0.2, 0.25) is 0 Å². The minimum atomic E-state index is -0.804. The summed E-state index contributed by atoms with van der Waals surface area (Å²) in [5.74, 6) is -0.495. The van der Waals surface area contributed by atoms with Gasteiger partial charge in [0.25, 0.3) is 5.91 Å². The van der Waals surface area contributed by atoms with Gasteiger partial charge in [0.2, 0.25) is 0 Å². The zero-order valence-electron chi connectivity index (χ0n) is 13.8. The first-order chi connectivity index (χ1) is 12.1. The lowest BCUT2D eigenvalue weighted by Crippen LogP contribution is -2.46. The molecule has 1 aromatic heterocycles. The molecule has 1 aromatic carbocycles. The molecule has 1 aliphatic carbocycles. The van der Waals surface area contributed by atoms with Gasteiger partial charge in [-0.05, 0) is 37.8 Å². The summed E-state index contributed by atoms with van der Waals surface area (Å²) in [4.78, 5) is 28.0. The van der Waals surface area contributed by atoms with Crippen molar-refractivity contribution in [2.45, 2.75) is 44.1 Å². The van der Waals surface area contributed by atoms with Gasteiger partial charge in [-0.3, -0.25) is 9.59 Å². The number of amides is 1. The molecule has 0 radical (unpaired) electrons. The Bertz CT molecular complexity index is 782. The van der Waals surface area contributed by atoms with Gasteiger partial charge in [0.15, 0.2) is 18.1 Å². The van der Waals surface area contributed by atoms with Crippen molar-refractivity contribution in [1.29, 1.82) is 5.26 Å². The van der Waals surface area contributed by atoms with E-state index >= 15 is 0 Å². The molecular formula is C18H19N3O4. The SMILES string of the molecule is N#CC1(NC(=O)COC(=O)CCc2nc3ccccc3o2)CCCC1. The van der Waals surface area contributed by atoms with Gasteiger partial charge in [0.1, 0.15) is 11.1 Å². The fraction of sp³-hybridized carbons (Fsp3) is 0.444. The molecule has 130 valence electrons. The number of hydrogen-bond donors (Lipinski definition) is 1. The highest BCUT2D eigenvalue weighted by Crippen LogP contribution is 2.28. The first-order valence-electron chi connectivity index (χ1n) is 8.33. The highest BCUT2D eigenvalue weighted by atomic mass is 16.5. The fourth-order valence-corrected chi connectivity index (χ4v) is 3.00. The summed E-state index contributed by atoms with van der Waals surface area (Å²) in [6.45, 7) is -0.379. The summed E-state index contributed by atoms with van der Waals surface area (Å²) in [5, 5.41) is 11.9. The summed E-state index contributed by atoms with van der Waals surface area (Å²) in [7, 11) is 0. The number of rotatable bonds is 6. The molecule has 0 spiro atoms. The van der Waals surface area contributed by atoms with Crippen LogP contribution < -0.4 is 5.32 Å². The van der Waals surface area contributed by atoms with E-state index in [-0.39, 0.29) is 13.0 Å². The Balaban J connectivity index is 1.43. The zero-order chi connectivity index (χ0) is 17.7. The highest BCUT2D eigenvalue weighted by Gasteiger charge is 2.35. The molecule has 0 aliphatic heterocycles. The maximum Gasteiger partial charge on any atom is 0.306 e. The third-order valence-corrected chi connectivity index (χ3v) is 4.30. The van der Waals surface area contributed by atoms with Crippen LogP contribution in [0.1, 0.15) is 38.0 Å². The summed E-state index contributed by atoms with van der Waals surface area (Å²) < 4.78 is 10.5. The summed E-state index contributed by atoms with van der Waals surface area (Å²) in [6.07, 6.45) is 3.48. The minimum absolute atomic E-state index is 0.0729. The molecule has 1 saturated carbocycles. The highest BCUT2D eigenvalue weighted by molar-refractivity contribution is 5.81. The number of oxazole rings is 1. The Morgan fingerprint density at radius 2 is 2.08 bits per heavy atom. The van der Waals surface area contributed by atoms with Gasteiger partial charge < -0.3 is 14.5 Å². The third kappa shape index (κ3) is 4.15. The zero-order valence-corrected chi connectivity index (χ0v) is 13.8. The summed E-state index contributed by atoms with van der Waals surface area (Å²) >= 11 is 0. The normalized spacial score (nSPS) is 15.6. The summed E-state index contributed by atoms with van der Waals surface area (Å²) in [6, 6.07) is 9.51. The van der Waals surface area contributed by atoms with Crippen molar-refractivity contribution < 1.29 is 18.7 Å². The molecular weight excluding hydrogens is 322 g/mol. The van der Waals surface area contributed by atoms with Crippen LogP contribution in [0.15, 0.2) is 28.7 Å². The molecule has 0 saturated heterocycles. The topological polar surface area (TPSA) is 105 Å². The molecule has 2 aromatic rings. The summed E-state index contributed by atoms with van der Waals surface area (Å²) in [5.41, 5.74) is 0.606. The number of hydrogen-bond acceptors (Lipinski definition) is 6. The number of fused-ring (bicyclic) bond motifs is 1. The molecule has 1 aliphatic rings. The lowest BCUT2D eigenvalue weighted by molar-refractivity contribution is -0.148. The van der Waals surface area contributed by atoms with Crippen molar-refractivity contribution in [3.8, 4) is 6.07 Å². The smallest absolute Gasteiger partial charge is 0.306 e. The van der Waals surface area contributed by atoms with E-state index < -0.39 is 17.4 Å². The van der Waals surface area contributed by atoms with Gasteiger partial charge in [0.05, 0.1) is 12.5 Å². The van der Waals surface area contributed by atoms with E-state index in [0.717, 1.165) is 18.4 Å². The standard InChI is InChI=1S/C18H19N3O4/c19-12-18(9-3-4-10-18)21-15(22)11-24-17(23)8-7-16-20-13-5-1-2-6-14(13)25-16/h1-2,5-6H,3-4,7-11H2,(H,21,22). The van der Waals surface area contributed by atoms with Gasteiger partial charge in [-0.15, -0.1) is 0 Å². The third-order valence-electron chi connectivity index (χ3n) is 4.30. The molecule has 1 N–H and O–H groups in total. The van der Waals surface area contributed by atoms with E-state index in [0.29, 0.717) is 30.7 Å². The Hall–Kier alpha value is -2.88. The second-order valence-electron chi connectivity index (χ2n) is 6.19. The Labute approximate surface area is 145 Å². The number of aryl methyl sites for hydroxylation is 1. The van der Waals surface area contributed by atoms with Crippen LogP contribution in [0.25, 0.3) is 11.1 Å². The van der Waals surface area contributed by atoms with E-state index in [1.54, 1.807) is 0 Å². The lowest BCUT2D eigenvalue weighted by atomic mass is 10.00. The van der Waals surface area contributed by atoms with E-state index in [4.69, 9.17) is 9.15 Å². The maximum absolute atomic E-state index is 11.9. The van der Waals surface area contributed by atoms with E-state index in [1.807, 2.05) is 24.3 Å². The van der Waals surface area contributed by atoms with Crippen LogP contribution in [0.5, 0.6) is 0 Å². The molecule has 7 heteroatoms. The fourth-order valence-electron chi connectivity index (χ4n) is 3.00. The molecule has 0 bridgehead atoms. The van der Waals surface area contributed by atoms with Gasteiger partial charge >= 0.3 is 5.97 Å². The largest absolute Gasteiger partial charge is 0.456 e. The van der Waals surface area contributed by atoms with Crippen molar-refractivity contribution in [3.05, 3.63) is 30.2 Å². The van der Waals surface area contributed by atoms with Crippen molar-refractivity contribution >= 4 is 23.0 Å². The van der Waals surface area contributed by atoms with Crippen LogP contribution in [0, 0.1) is 11.3 Å². The van der Waals surface area contributed by atoms with Crippen molar-refractivity contribution in [2.24, 2.45) is 0 Å². The number of benzene rings is 1. The number of esters is 1. The Morgan fingerprint density at radius 1 is 1.32 bits per heavy atom. The number of para-hydroxylation sites is 2. The number of carbonyl (C=O) groups excluding carboxylic acids is 2. The Morgan fingerprint density at radius 3 is 2.80 bits per heavy atom. The van der Waals surface area contributed by atoms with Crippen LogP contribution in [0.3, 0.4) is 0 Å². The number of aromatic nitrogens is 1. The van der Waals surface area contributed by atoms with Crippen molar-refractivity contribution in [2.75, 3.05) is 6.61 Å². The first-order valence-corrected chi connectivity index (χ1v) is 8.33. The van der Waals surface area contributed by atoms with Gasteiger partial charge in [-0.1, -0.05) is 12.1 Å². The molecule has 1 amide bonds. The molecule has 0 atom stereocenters. The van der Waals surface area contributed by atoms with E-state index in [9.17, 15) is 14.9 Å². The van der Waals surface area contributed by atoms with Crippen molar-refractivity contribution in [1.82, 2.24) is 10.3 Å². The Kier molecular flexibility index (Phi) is 4.98. The lowest BCUT2D eigenvalue weighted by Gasteiger charge is -2.21. The molecule has 1 fully saturated rings. The van der Waals surface area contributed by atoms with Crippen LogP contribution in [-0.2, 0) is 20.7 Å². The quantitative estimate of drug-likeness (QED) is 0.808. The number of carbonyl (C=O) groups is 2. The van der Waals surface area contributed by atoms with Crippen LogP contribution >= 0.6 is 0 Å². The number of nitrogens with one attached hydrogen (secondary N) is 1. The number of nitrogens with zero attached hydrogens (tertiary/aromatic N) is 2. The van der Waals surface area contributed by atoms with Crippen LogP contribution in [0.4, 0.5) is 0 Å². The second-order valence-corrected chi connectivity index (χ2v) is 6.19. The molecule has 0 unspecified atom stereocenters. The first kappa shape index (κ1) is 17.0. The molecule has 25 heavy (non-hydrogen) atoms. The minimum Gasteiger partial charge on any atom is -0.456 e. The van der Waals surface area contributed by atoms with E-state index in [2.05, 4.69) is 16.4 Å². The predicted molar refractivity (Wildman–Crippen MR) is 88.2 cm³/mol. The second kappa shape index (κ2) is 7.34. The molecule has 3 rings (SSSR count). The van der Waals surface area contributed by atoms with Gasteiger partial charge in [0, 0.05) is 6.42 Å². The van der Waals surface area contributed by atoms with Crippen molar-refractivity contribution in [3.63, 3.8) is 0 Å².